The number of hydrogen-bond acceptors (Lipinski definition) is 3. The Morgan fingerprint density at radius 3 is 2.83 bits per heavy atom. The molecule has 0 amide bonds. The minimum absolute atomic E-state index is 0.403. The average Bonchev–Trinajstić information content (AvgIpc) is 2.04. The Labute approximate surface area is 71.2 Å². The van der Waals surface area contributed by atoms with E-state index in [1.807, 2.05) is 13.0 Å². The number of hydrogen-bond donors (Lipinski definition) is 1. The van der Waals surface area contributed by atoms with Crippen LogP contribution in [0.25, 0.3) is 5.57 Å². The molecule has 1 heterocycles. The molecule has 60 valence electrons. The lowest BCUT2D eigenvalue weighted by molar-refractivity contribution is 1.25. The summed E-state index contributed by atoms with van der Waals surface area (Å²) in [6.45, 7) is 5.56. The molecule has 0 atom stereocenters. The van der Waals surface area contributed by atoms with Gasteiger partial charge in [0, 0.05) is 6.20 Å². The maximum atomic E-state index is 8.56. The Morgan fingerprint density at radius 2 is 2.42 bits per heavy atom. The van der Waals surface area contributed by atoms with Gasteiger partial charge in [0.15, 0.2) is 0 Å². The molecule has 0 radical (unpaired) electrons. The van der Waals surface area contributed by atoms with Crippen LogP contribution in [0.2, 0.25) is 0 Å². The standard InChI is InChI=1S/C9H9N3/c1-6(2)9-3-8(11)7(4-10)5-12-9/h3,5H,1H2,2H3,(H2,11,12). The third-order valence-electron chi connectivity index (χ3n) is 1.49. The zero-order valence-corrected chi connectivity index (χ0v) is 6.83. The Kier molecular flexibility index (Phi) is 2.11. The number of nitrogens with zero attached hydrogens (tertiary/aromatic N) is 2. The van der Waals surface area contributed by atoms with Gasteiger partial charge < -0.3 is 5.73 Å². The van der Waals surface area contributed by atoms with E-state index < -0.39 is 0 Å². The molecule has 0 aliphatic heterocycles. The molecule has 0 saturated carbocycles. The molecule has 1 aromatic rings. The molecule has 2 N–H and O–H groups in total. The second kappa shape index (κ2) is 3.05. The molecule has 1 aromatic heterocycles. The second-order valence-electron chi connectivity index (χ2n) is 2.55. The van der Waals surface area contributed by atoms with Crippen LogP contribution in [0.4, 0.5) is 5.69 Å². The number of anilines is 1. The third kappa shape index (κ3) is 1.43. The van der Waals surface area contributed by atoms with Crippen LogP contribution >= 0.6 is 0 Å². The number of aromatic nitrogens is 1. The van der Waals surface area contributed by atoms with Crippen molar-refractivity contribution in [1.82, 2.24) is 4.98 Å². The minimum Gasteiger partial charge on any atom is -0.398 e. The van der Waals surface area contributed by atoms with E-state index in [-0.39, 0.29) is 0 Å². The summed E-state index contributed by atoms with van der Waals surface area (Å²) in [7, 11) is 0. The van der Waals surface area contributed by atoms with Gasteiger partial charge in [0.05, 0.1) is 16.9 Å². The number of pyridine rings is 1. The number of nitrogen functional groups attached to an aromatic ring is 1. The Balaban J connectivity index is 3.21. The van der Waals surface area contributed by atoms with Crippen molar-refractivity contribution in [2.45, 2.75) is 6.92 Å². The summed E-state index contributed by atoms with van der Waals surface area (Å²) >= 11 is 0. The molecule has 1 rings (SSSR count). The van der Waals surface area contributed by atoms with Crippen LogP contribution in [0.1, 0.15) is 18.2 Å². The molecule has 3 heteroatoms. The van der Waals surface area contributed by atoms with Crippen LogP contribution < -0.4 is 5.73 Å². The Morgan fingerprint density at radius 1 is 1.75 bits per heavy atom. The molecule has 0 aliphatic rings. The smallest absolute Gasteiger partial charge is 0.103 e. The van der Waals surface area contributed by atoms with Gasteiger partial charge in [0.2, 0.25) is 0 Å². The molecule has 0 spiro atoms. The fraction of sp³-hybridized carbons (Fsp3) is 0.111. The maximum absolute atomic E-state index is 8.56. The first-order chi connectivity index (χ1) is 5.65. The quantitative estimate of drug-likeness (QED) is 0.676. The summed E-state index contributed by atoms with van der Waals surface area (Å²) in [5.41, 5.74) is 7.99. The van der Waals surface area contributed by atoms with Crippen molar-refractivity contribution in [2.24, 2.45) is 0 Å². The van der Waals surface area contributed by atoms with Crippen molar-refractivity contribution in [3.05, 3.63) is 30.1 Å². The highest BCUT2D eigenvalue weighted by Gasteiger charge is 2.00. The van der Waals surface area contributed by atoms with Crippen molar-refractivity contribution >= 4 is 11.3 Å². The van der Waals surface area contributed by atoms with Gasteiger partial charge in [-0.3, -0.25) is 4.98 Å². The maximum Gasteiger partial charge on any atom is 0.103 e. The molecule has 3 nitrogen and oxygen atoms in total. The fourth-order valence-corrected chi connectivity index (χ4v) is 0.798. The molecule has 12 heavy (non-hydrogen) atoms. The SMILES string of the molecule is C=C(C)c1cc(N)c(C#N)cn1. The van der Waals surface area contributed by atoms with Crippen LogP contribution in [-0.2, 0) is 0 Å². The van der Waals surface area contributed by atoms with Crippen LogP contribution in [0.15, 0.2) is 18.8 Å². The van der Waals surface area contributed by atoms with Gasteiger partial charge in [-0.15, -0.1) is 0 Å². The predicted octanol–water partition coefficient (Wildman–Crippen LogP) is 1.57. The average molecular weight is 159 g/mol. The Bertz CT molecular complexity index is 361. The lowest BCUT2D eigenvalue weighted by Gasteiger charge is -2.00. The zero-order chi connectivity index (χ0) is 9.14. The number of nitrogens with two attached hydrogens (primary N) is 1. The first-order valence-corrected chi connectivity index (χ1v) is 3.46. The van der Waals surface area contributed by atoms with Crippen molar-refractivity contribution < 1.29 is 0 Å². The van der Waals surface area contributed by atoms with E-state index in [1.165, 1.54) is 6.20 Å². The minimum atomic E-state index is 0.403. The Hall–Kier alpha value is -1.82. The topological polar surface area (TPSA) is 62.7 Å². The lowest BCUT2D eigenvalue weighted by Crippen LogP contribution is -1.94. The molecular formula is C9H9N3. The second-order valence-corrected chi connectivity index (χ2v) is 2.55. The highest BCUT2D eigenvalue weighted by atomic mass is 14.7. The molecule has 0 unspecified atom stereocenters. The van der Waals surface area contributed by atoms with E-state index in [0.717, 1.165) is 11.3 Å². The zero-order valence-electron chi connectivity index (χ0n) is 6.83. The molecule has 0 saturated heterocycles. The van der Waals surface area contributed by atoms with Gasteiger partial charge in [-0.1, -0.05) is 6.58 Å². The van der Waals surface area contributed by atoms with E-state index >= 15 is 0 Å². The van der Waals surface area contributed by atoms with Gasteiger partial charge in [0.25, 0.3) is 0 Å². The van der Waals surface area contributed by atoms with Gasteiger partial charge >= 0.3 is 0 Å². The van der Waals surface area contributed by atoms with Crippen molar-refractivity contribution in [3.63, 3.8) is 0 Å². The highest BCUT2D eigenvalue weighted by Crippen LogP contribution is 2.14. The van der Waals surface area contributed by atoms with Crippen molar-refractivity contribution in [3.8, 4) is 6.07 Å². The predicted molar refractivity (Wildman–Crippen MR) is 48.1 cm³/mol. The monoisotopic (exact) mass is 159 g/mol. The molecule has 0 bridgehead atoms. The summed E-state index contributed by atoms with van der Waals surface area (Å²) < 4.78 is 0. The first-order valence-electron chi connectivity index (χ1n) is 3.46. The van der Waals surface area contributed by atoms with E-state index in [0.29, 0.717) is 11.3 Å². The largest absolute Gasteiger partial charge is 0.398 e. The van der Waals surface area contributed by atoms with Crippen LogP contribution in [0, 0.1) is 11.3 Å². The van der Waals surface area contributed by atoms with E-state index in [9.17, 15) is 0 Å². The third-order valence-corrected chi connectivity index (χ3v) is 1.49. The van der Waals surface area contributed by atoms with Crippen LogP contribution in [0.3, 0.4) is 0 Å². The van der Waals surface area contributed by atoms with Crippen LogP contribution in [-0.4, -0.2) is 4.98 Å². The number of rotatable bonds is 1. The van der Waals surface area contributed by atoms with Gasteiger partial charge in [-0.25, -0.2) is 0 Å². The highest BCUT2D eigenvalue weighted by molar-refractivity contribution is 5.64. The van der Waals surface area contributed by atoms with Gasteiger partial charge in [0.1, 0.15) is 6.07 Å². The molecular weight excluding hydrogens is 150 g/mol. The fourth-order valence-electron chi connectivity index (χ4n) is 0.798. The van der Waals surface area contributed by atoms with Gasteiger partial charge in [-0.05, 0) is 18.6 Å². The summed E-state index contributed by atoms with van der Waals surface area (Å²) in [5, 5.41) is 8.56. The summed E-state index contributed by atoms with van der Waals surface area (Å²) in [5.74, 6) is 0. The molecule has 0 aliphatic carbocycles. The van der Waals surface area contributed by atoms with Crippen LogP contribution in [0.5, 0.6) is 0 Å². The van der Waals surface area contributed by atoms with E-state index in [2.05, 4.69) is 11.6 Å². The molecule has 0 fully saturated rings. The first kappa shape index (κ1) is 8.28. The van der Waals surface area contributed by atoms with Crippen molar-refractivity contribution in [2.75, 3.05) is 5.73 Å². The summed E-state index contributed by atoms with van der Waals surface area (Å²) in [6.07, 6.45) is 1.46. The summed E-state index contributed by atoms with van der Waals surface area (Å²) in [6, 6.07) is 3.60. The molecule has 0 aromatic carbocycles. The van der Waals surface area contributed by atoms with E-state index in [1.54, 1.807) is 6.07 Å². The lowest BCUT2D eigenvalue weighted by atomic mass is 10.1. The number of nitriles is 1. The van der Waals surface area contributed by atoms with Crippen molar-refractivity contribution in [1.29, 1.82) is 5.26 Å². The van der Waals surface area contributed by atoms with E-state index in [4.69, 9.17) is 11.0 Å². The number of allylic oxidation sites excluding steroid dienone is 1. The normalized spacial score (nSPS) is 9.00. The summed E-state index contributed by atoms with van der Waals surface area (Å²) in [4.78, 5) is 4.01. The van der Waals surface area contributed by atoms with Gasteiger partial charge in [-0.2, -0.15) is 5.26 Å².